The molecule has 0 aliphatic carbocycles. The van der Waals surface area contributed by atoms with Crippen LogP contribution in [0.15, 0.2) is 41.3 Å². The number of hydrogen-bond acceptors (Lipinski definition) is 4. The van der Waals surface area contributed by atoms with Gasteiger partial charge in [0.15, 0.2) is 15.4 Å². The third-order valence-corrected chi connectivity index (χ3v) is 7.60. The molecule has 1 aromatic heterocycles. The Labute approximate surface area is 201 Å². The molecule has 2 aromatic carbocycles. The lowest BCUT2D eigenvalue weighted by atomic mass is 9.72. The number of rotatable bonds is 6. The number of nitrogens with one attached hydrogen (secondary N) is 1. The van der Waals surface area contributed by atoms with E-state index < -0.39 is 39.9 Å². The summed E-state index contributed by atoms with van der Waals surface area (Å²) in [6.45, 7) is 10.8. The standard InChI is InChI=1S/C25H25F3N2O4S/c1-23(2,18-12-16(35(4,32)33)11-15-9-10-34-22(15)18)14-24(31,25(26,27)28)13-20-21(29-3)17-7-5-6-8-19(17)30-20/h5-8,11-12,30-31H,9-10,13-14H2,1-2,4H3. The van der Waals surface area contributed by atoms with Gasteiger partial charge < -0.3 is 14.8 Å². The molecular formula is C25H25F3N2O4S. The van der Waals surface area contributed by atoms with Crippen molar-refractivity contribution in [3.05, 3.63) is 64.6 Å². The predicted molar refractivity (Wildman–Crippen MR) is 126 cm³/mol. The highest BCUT2D eigenvalue weighted by Crippen LogP contribution is 2.48. The van der Waals surface area contributed by atoms with Crippen LogP contribution in [0.4, 0.5) is 18.9 Å². The van der Waals surface area contributed by atoms with Gasteiger partial charge in [-0.2, -0.15) is 13.2 Å². The van der Waals surface area contributed by atoms with E-state index in [4.69, 9.17) is 11.3 Å². The van der Waals surface area contributed by atoms with Crippen molar-refractivity contribution in [2.75, 3.05) is 12.9 Å². The predicted octanol–water partition coefficient (Wildman–Crippen LogP) is 5.26. The zero-order valence-electron chi connectivity index (χ0n) is 19.5. The summed E-state index contributed by atoms with van der Waals surface area (Å²) < 4.78 is 73.4. The van der Waals surface area contributed by atoms with E-state index in [0.717, 1.165) is 6.26 Å². The Bertz CT molecular complexity index is 1450. The third kappa shape index (κ3) is 4.50. The van der Waals surface area contributed by atoms with Crippen molar-refractivity contribution in [2.45, 2.75) is 55.2 Å². The number of aromatic amines is 1. The summed E-state index contributed by atoms with van der Waals surface area (Å²) in [5, 5.41) is 11.6. The Kier molecular flexibility index (Phi) is 5.93. The molecule has 0 bridgehead atoms. The van der Waals surface area contributed by atoms with Crippen molar-refractivity contribution in [3.8, 4) is 5.75 Å². The van der Waals surface area contributed by atoms with Gasteiger partial charge in [0.05, 0.1) is 18.1 Å². The highest BCUT2D eigenvalue weighted by atomic mass is 32.2. The molecule has 1 aliphatic heterocycles. The average molecular weight is 507 g/mol. The van der Waals surface area contributed by atoms with Gasteiger partial charge >= 0.3 is 6.18 Å². The van der Waals surface area contributed by atoms with E-state index in [0.29, 0.717) is 35.2 Å². The second kappa shape index (κ2) is 8.28. The van der Waals surface area contributed by atoms with E-state index >= 15 is 0 Å². The molecular weight excluding hydrogens is 481 g/mol. The van der Waals surface area contributed by atoms with Crippen LogP contribution in [0, 0.1) is 6.57 Å². The molecule has 0 radical (unpaired) electrons. The maximum atomic E-state index is 14.4. The Morgan fingerprint density at radius 1 is 1.20 bits per heavy atom. The van der Waals surface area contributed by atoms with Gasteiger partial charge in [-0.25, -0.2) is 13.3 Å². The Morgan fingerprint density at radius 2 is 1.89 bits per heavy atom. The van der Waals surface area contributed by atoms with Crippen LogP contribution in [0.3, 0.4) is 0 Å². The third-order valence-electron chi connectivity index (χ3n) is 6.51. The van der Waals surface area contributed by atoms with Crippen LogP contribution in [0.5, 0.6) is 5.75 Å². The molecule has 186 valence electrons. The van der Waals surface area contributed by atoms with Crippen molar-refractivity contribution >= 4 is 26.4 Å². The summed E-state index contributed by atoms with van der Waals surface area (Å²) >= 11 is 0. The van der Waals surface area contributed by atoms with Gasteiger partial charge in [0.25, 0.3) is 0 Å². The molecule has 1 aliphatic rings. The molecule has 2 heterocycles. The number of nitrogens with zero attached hydrogens (tertiary/aromatic N) is 1. The van der Waals surface area contributed by atoms with E-state index in [1.165, 1.54) is 26.0 Å². The normalized spacial score (nSPS) is 15.9. The molecule has 2 N–H and O–H groups in total. The van der Waals surface area contributed by atoms with Gasteiger partial charge in [-0.1, -0.05) is 32.0 Å². The number of para-hydroxylation sites is 1. The highest BCUT2D eigenvalue weighted by molar-refractivity contribution is 7.90. The number of aromatic nitrogens is 1. The van der Waals surface area contributed by atoms with Crippen LogP contribution >= 0.6 is 0 Å². The summed E-state index contributed by atoms with van der Waals surface area (Å²) in [6, 6.07) is 9.50. The number of sulfone groups is 1. The lowest BCUT2D eigenvalue weighted by molar-refractivity contribution is -0.266. The van der Waals surface area contributed by atoms with Crippen molar-refractivity contribution < 1.29 is 31.4 Å². The maximum Gasteiger partial charge on any atom is 0.417 e. The number of fused-ring (bicyclic) bond motifs is 2. The minimum absolute atomic E-state index is 0.00807. The highest BCUT2D eigenvalue weighted by Gasteiger charge is 2.56. The number of aliphatic hydroxyl groups is 1. The minimum Gasteiger partial charge on any atom is -0.493 e. The largest absolute Gasteiger partial charge is 0.493 e. The summed E-state index contributed by atoms with van der Waals surface area (Å²) in [7, 11) is -3.63. The van der Waals surface area contributed by atoms with E-state index in [1.807, 2.05) is 0 Å². The summed E-state index contributed by atoms with van der Waals surface area (Å²) in [6.07, 6.45) is -5.19. The fourth-order valence-electron chi connectivity index (χ4n) is 4.82. The summed E-state index contributed by atoms with van der Waals surface area (Å²) in [4.78, 5) is 6.27. The first-order chi connectivity index (χ1) is 16.2. The summed E-state index contributed by atoms with van der Waals surface area (Å²) in [5.74, 6) is 0.361. The Hall–Kier alpha value is -3.03. The summed E-state index contributed by atoms with van der Waals surface area (Å²) in [5.41, 5.74) is -3.11. The van der Waals surface area contributed by atoms with Crippen LogP contribution in [0.25, 0.3) is 15.7 Å². The van der Waals surface area contributed by atoms with Crippen LogP contribution < -0.4 is 4.74 Å². The molecule has 0 spiro atoms. The van der Waals surface area contributed by atoms with Gasteiger partial charge in [-0.3, -0.25) is 0 Å². The number of alkyl halides is 3. The second-order valence-corrected chi connectivity index (χ2v) is 11.7. The van der Waals surface area contributed by atoms with E-state index in [9.17, 15) is 26.7 Å². The molecule has 0 amide bonds. The van der Waals surface area contributed by atoms with Crippen molar-refractivity contribution in [1.82, 2.24) is 4.98 Å². The molecule has 6 nitrogen and oxygen atoms in total. The molecule has 3 aromatic rings. The monoisotopic (exact) mass is 506 g/mol. The van der Waals surface area contributed by atoms with Crippen LogP contribution in [0.2, 0.25) is 0 Å². The van der Waals surface area contributed by atoms with Crippen LogP contribution in [-0.2, 0) is 28.1 Å². The molecule has 1 atom stereocenters. The minimum atomic E-state index is -5.03. The quantitative estimate of drug-likeness (QED) is 0.447. The molecule has 0 saturated heterocycles. The van der Waals surface area contributed by atoms with Crippen molar-refractivity contribution in [1.29, 1.82) is 0 Å². The first-order valence-corrected chi connectivity index (χ1v) is 12.8. The molecule has 1 unspecified atom stereocenters. The number of benzene rings is 2. The topological polar surface area (TPSA) is 83.8 Å². The Balaban J connectivity index is 1.80. The van der Waals surface area contributed by atoms with Gasteiger partial charge in [-0.05, 0) is 35.6 Å². The first-order valence-electron chi connectivity index (χ1n) is 10.9. The molecule has 0 fully saturated rings. The van der Waals surface area contributed by atoms with Crippen molar-refractivity contribution in [3.63, 3.8) is 0 Å². The van der Waals surface area contributed by atoms with Crippen molar-refractivity contribution in [2.24, 2.45) is 0 Å². The molecule has 4 rings (SSSR count). The Morgan fingerprint density at radius 3 is 2.51 bits per heavy atom. The molecule has 10 heteroatoms. The van der Waals surface area contributed by atoms with Gasteiger partial charge in [0, 0.05) is 41.3 Å². The zero-order chi connectivity index (χ0) is 25.8. The van der Waals surface area contributed by atoms with Gasteiger partial charge in [0.2, 0.25) is 5.69 Å². The maximum absolute atomic E-state index is 14.4. The van der Waals surface area contributed by atoms with E-state index in [-0.39, 0.29) is 21.8 Å². The second-order valence-electron chi connectivity index (χ2n) is 9.71. The van der Waals surface area contributed by atoms with Gasteiger partial charge in [0.1, 0.15) is 5.75 Å². The number of halogens is 3. The lowest BCUT2D eigenvalue weighted by Gasteiger charge is -2.38. The fraction of sp³-hybridized carbons (Fsp3) is 0.400. The zero-order valence-corrected chi connectivity index (χ0v) is 20.3. The fourth-order valence-corrected chi connectivity index (χ4v) is 5.50. The number of ether oxygens (including phenoxy) is 1. The first kappa shape index (κ1) is 25.1. The molecule has 0 saturated carbocycles. The smallest absolute Gasteiger partial charge is 0.417 e. The number of H-pyrrole nitrogens is 1. The van der Waals surface area contributed by atoms with Gasteiger partial charge in [-0.15, -0.1) is 0 Å². The van der Waals surface area contributed by atoms with E-state index in [1.54, 1.807) is 24.3 Å². The number of hydrogen-bond donors (Lipinski definition) is 2. The van der Waals surface area contributed by atoms with Crippen LogP contribution in [-0.4, -0.2) is 43.1 Å². The van der Waals surface area contributed by atoms with Crippen LogP contribution in [0.1, 0.15) is 37.1 Å². The average Bonchev–Trinajstić information content (AvgIpc) is 3.34. The lowest BCUT2D eigenvalue weighted by Crippen LogP contribution is -2.51. The SMILES string of the molecule is [C-]#[N+]c1c(CC(O)(CC(C)(C)c2cc(S(C)(=O)=O)cc3c2OCC3)C(F)(F)F)[nH]c2ccccc12. The molecule has 35 heavy (non-hydrogen) atoms. The van der Waals surface area contributed by atoms with E-state index in [2.05, 4.69) is 9.83 Å².